The maximum atomic E-state index is 12.8. The number of hydrogen-bond acceptors (Lipinski definition) is 4. The molecule has 3 rings (SSSR count). The maximum absolute atomic E-state index is 12.8. The minimum Gasteiger partial charge on any atom is -0.366 e. The summed E-state index contributed by atoms with van der Waals surface area (Å²) in [5.74, 6) is 0.524. The zero-order valence-corrected chi connectivity index (χ0v) is 15.3. The summed E-state index contributed by atoms with van der Waals surface area (Å²) in [6.07, 6.45) is -7.43. The second-order valence-electron chi connectivity index (χ2n) is 6.37. The number of nitrogens with zero attached hydrogens (tertiary/aromatic N) is 2. The molecule has 0 saturated heterocycles. The number of nitrogens with one attached hydrogen (secondary N) is 2. The van der Waals surface area contributed by atoms with Gasteiger partial charge in [-0.2, -0.15) is 31.3 Å². The summed E-state index contributed by atoms with van der Waals surface area (Å²) >= 11 is 0. The lowest BCUT2D eigenvalue weighted by Crippen LogP contribution is -2.09. The summed E-state index contributed by atoms with van der Waals surface area (Å²) in [4.78, 5) is 8.16. The zero-order chi connectivity index (χ0) is 21.8. The van der Waals surface area contributed by atoms with E-state index < -0.39 is 23.5 Å². The van der Waals surface area contributed by atoms with Crippen LogP contribution in [0, 0.1) is 0 Å². The first-order valence-corrected chi connectivity index (χ1v) is 8.74. The number of halogens is 6. The van der Waals surface area contributed by atoms with Crippen molar-refractivity contribution in [1.29, 1.82) is 0 Å². The lowest BCUT2D eigenvalue weighted by Gasteiger charge is -2.11. The van der Waals surface area contributed by atoms with Crippen molar-refractivity contribution in [1.82, 2.24) is 9.97 Å². The van der Waals surface area contributed by atoms with Gasteiger partial charge in [-0.15, -0.1) is 0 Å². The molecule has 0 atom stereocenters. The largest absolute Gasteiger partial charge is 0.416 e. The molecule has 1 aromatic heterocycles. The van der Waals surface area contributed by atoms with Crippen molar-refractivity contribution in [2.75, 3.05) is 10.6 Å². The Hall–Kier alpha value is -3.30. The topological polar surface area (TPSA) is 49.8 Å². The van der Waals surface area contributed by atoms with Crippen molar-refractivity contribution in [3.63, 3.8) is 0 Å². The Morgan fingerprint density at radius 1 is 0.700 bits per heavy atom. The molecular weight excluding hydrogens is 410 g/mol. The summed E-state index contributed by atoms with van der Waals surface area (Å²) in [7, 11) is 0. The van der Waals surface area contributed by atoms with Gasteiger partial charge in [0.05, 0.1) is 11.1 Å². The first-order chi connectivity index (χ1) is 14.1. The van der Waals surface area contributed by atoms with Crippen molar-refractivity contribution in [3.05, 3.63) is 83.0 Å². The molecule has 0 unspecified atom stereocenters. The van der Waals surface area contributed by atoms with E-state index in [9.17, 15) is 26.3 Å². The minimum absolute atomic E-state index is 0.0704. The van der Waals surface area contributed by atoms with Crippen LogP contribution in [-0.2, 0) is 25.4 Å². The van der Waals surface area contributed by atoms with Crippen LogP contribution in [0.3, 0.4) is 0 Å². The Kier molecular flexibility index (Phi) is 6.14. The molecule has 0 saturated carbocycles. The van der Waals surface area contributed by atoms with Gasteiger partial charge in [0.25, 0.3) is 0 Å². The Balaban J connectivity index is 1.62. The third-order valence-corrected chi connectivity index (χ3v) is 4.09. The van der Waals surface area contributed by atoms with Gasteiger partial charge in [0.1, 0.15) is 5.82 Å². The van der Waals surface area contributed by atoms with Crippen LogP contribution in [0.15, 0.2) is 60.8 Å². The highest BCUT2D eigenvalue weighted by molar-refractivity contribution is 5.41. The van der Waals surface area contributed by atoms with Crippen LogP contribution in [0.5, 0.6) is 0 Å². The molecule has 2 N–H and O–H groups in total. The number of aromatic nitrogens is 2. The smallest absolute Gasteiger partial charge is 0.366 e. The molecule has 4 nitrogen and oxygen atoms in total. The number of benzene rings is 2. The van der Waals surface area contributed by atoms with Crippen LogP contribution in [0.2, 0.25) is 0 Å². The van der Waals surface area contributed by atoms with Crippen molar-refractivity contribution in [2.45, 2.75) is 25.4 Å². The summed E-state index contributed by atoms with van der Waals surface area (Å²) in [5, 5.41) is 5.73. The summed E-state index contributed by atoms with van der Waals surface area (Å²) in [6.45, 7) is 0.176. The molecular formula is C20H16F6N4. The Morgan fingerprint density at radius 3 is 1.77 bits per heavy atom. The molecule has 2 aromatic carbocycles. The predicted octanol–water partition coefficient (Wildman–Crippen LogP) is 5.74. The van der Waals surface area contributed by atoms with Gasteiger partial charge in [-0.1, -0.05) is 24.3 Å². The Bertz CT molecular complexity index is 924. The summed E-state index contributed by atoms with van der Waals surface area (Å²) in [6, 6.07) is 11.3. The fourth-order valence-corrected chi connectivity index (χ4v) is 2.63. The molecule has 0 radical (unpaired) electrons. The van der Waals surface area contributed by atoms with Gasteiger partial charge in [0, 0.05) is 19.3 Å². The van der Waals surface area contributed by atoms with Gasteiger partial charge in [0.2, 0.25) is 5.95 Å². The first-order valence-electron chi connectivity index (χ1n) is 8.74. The number of alkyl halides is 6. The van der Waals surface area contributed by atoms with E-state index in [2.05, 4.69) is 20.6 Å². The number of anilines is 2. The lowest BCUT2D eigenvalue weighted by molar-refractivity contribution is -0.138. The molecule has 1 heterocycles. The van der Waals surface area contributed by atoms with Gasteiger partial charge in [-0.25, -0.2) is 4.98 Å². The average Bonchev–Trinajstić information content (AvgIpc) is 2.70. The van der Waals surface area contributed by atoms with E-state index >= 15 is 0 Å². The highest BCUT2D eigenvalue weighted by Gasteiger charge is 2.31. The fourth-order valence-electron chi connectivity index (χ4n) is 2.63. The predicted molar refractivity (Wildman–Crippen MR) is 99.6 cm³/mol. The zero-order valence-electron chi connectivity index (χ0n) is 15.3. The van der Waals surface area contributed by atoms with E-state index in [-0.39, 0.29) is 19.0 Å². The molecule has 10 heteroatoms. The average molecular weight is 426 g/mol. The van der Waals surface area contributed by atoms with Gasteiger partial charge in [-0.3, -0.25) is 0 Å². The Morgan fingerprint density at radius 2 is 1.23 bits per heavy atom. The quantitative estimate of drug-likeness (QED) is 0.494. The highest BCUT2D eigenvalue weighted by Crippen LogP contribution is 2.30. The molecule has 0 aliphatic heterocycles. The SMILES string of the molecule is FC(F)(F)c1cccc(CNc2ccnc(NCc3cccc(C(F)(F)F)c3)n2)c1. The highest BCUT2D eigenvalue weighted by atomic mass is 19.4. The van der Waals surface area contributed by atoms with E-state index in [0.29, 0.717) is 16.9 Å². The normalized spacial score (nSPS) is 11.9. The van der Waals surface area contributed by atoms with E-state index in [1.165, 1.54) is 30.5 Å². The number of rotatable bonds is 6. The van der Waals surface area contributed by atoms with Crippen LogP contribution in [0.4, 0.5) is 38.1 Å². The van der Waals surface area contributed by atoms with E-state index in [1.807, 2.05) is 0 Å². The molecule has 30 heavy (non-hydrogen) atoms. The van der Waals surface area contributed by atoms with Crippen molar-refractivity contribution in [3.8, 4) is 0 Å². The molecule has 0 bridgehead atoms. The molecule has 158 valence electrons. The van der Waals surface area contributed by atoms with Crippen molar-refractivity contribution in [2.24, 2.45) is 0 Å². The molecule has 0 amide bonds. The maximum Gasteiger partial charge on any atom is 0.416 e. The second-order valence-corrected chi connectivity index (χ2v) is 6.37. The Labute approximate surface area is 168 Å². The summed E-state index contributed by atoms with van der Waals surface area (Å²) in [5.41, 5.74) is -0.676. The summed E-state index contributed by atoms with van der Waals surface area (Å²) < 4.78 is 76.7. The van der Waals surface area contributed by atoms with Gasteiger partial charge >= 0.3 is 12.4 Å². The van der Waals surface area contributed by atoms with Crippen LogP contribution in [0.1, 0.15) is 22.3 Å². The van der Waals surface area contributed by atoms with E-state index in [4.69, 9.17) is 0 Å². The monoisotopic (exact) mass is 426 g/mol. The van der Waals surface area contributed by atoms with Crippen LogP contribution >= 0.6 is 0 Å². The van der Waals surface area contributed by atoms with Gasteiger partial charge < -0.3 is 10.6 Å². The standard InChI is InChI=1S/C20H16F6N4/c21-19(22,23)15-5-1-3-13(9-15)11-28-17-7-8-27-18(30-17)29-12-14-4-2-6-16(10-14)20(24,25)26/h1-10H,11-12H2,(H2,27,28,29,30). The van der Waals surface area contributed by atoms with Gasteiger partial charge in [0.15, 0.2) is 0 Å². The van der Waals surface area contributed by atoms with Gasteiger partial charge in [-0.05, 0) is 41.5 Å². The van der Waals surface area contributed by atoms with Crippen LogP contribution < -0.4 is 10.6 Å². The van der Waals surface area contributed by atoms with Crippen molar-refractivity contribution >= 4 is 11.8 Å². The molecule has 0 aliphatic carbocycles. The van der Waals surface area contributed by atoms with Crippen LogP contribution in [0.25, 0.3) is 0 Å². The molecule has 0 spiro atoms. The first kappa shape index (κ1) is 21.4. The second kappa shape index (κ2) is 8.60. The van der Waals surface area contributed by atoms with E-state index in [0.717, 1.165) is 24.3 Å². The minimum atomic E-state index is -4.43. The third kappa shape index (κ3) is 5.85. The van der Waals surface area contributed by atoms with Crippen molar-refractivity contribution < 1.29 is 26.3 Å². The lowest BCUT2D eigenvalue weighted by atomic mass is 10.1. The third-order valence-electron chi connectivity index (χ3n) is 4.09. The fraction of sp³-hybridized carbons (Fsp3) is 0.200. The molecule has 0 aliphatic rings. The van der Waals surface area contributed by atoms with Crippen LogP contribution in [-0.4, -0.2) is 9.97 Å². The molecule has 0 fully saturated rings. The number of hydrogen-bond donors (Lipinski definition) is 2. The molecule has 3 aromatic rings. The van der Waals surface area contributed by atoms with E-state index in [1.54, 1.807) is 6.07 Å².